The fourth-order valence-electron chi connectivity index (χ4n) is 1.18. The van der Waals surface area contributed by atoms with Crippen molar-refractivity contribution in [1.82, 2.24) is 0 Å². The van der Waals surface area contributed by atoms with Gasteiger partial charge in [0.05, 0.1) is 39.6 Å². The van der Waals surface area contributed by atoms with E-state index in [1.54, 1.807) is 0 Å². The lowest BCUT2D eigenvalue weighted by atomic mass is 10.3. The zero-order chi connectivity index (χ0) is 13.2. The van der Waals surface area contributed by atoms with E-state index in [1.807, 2.05) is 0 Å². The number of hydrogen-bond acceptors (Lipinski definition) is 4. The van der Waals surface area contributed by atoms with Gasteiger partial charge in [0.25, 0.3) is 0 Å². The third kappa shape index (κ3) is 4.84. The molecule has 106 valence electrons. The summed E-state index contributed by atoms with van der Waals surface area (Å²) in [5.41, 5.74) is 0. The van der Waals surface area contributed by atoms with Crippen LogP contribution in [-0.2, 0) is 18.9 Å². The summed E-state index contributed by atoms with van der Waals surface area (Å²) in [7, 11) is 0. The largest absolute Gasteiger partial charge is 0.375 e. The van der Waals surface area contributed by atoms with Gasteiger partial charge in [0.2, 0.25) is 0 Å². The lowest BCUT2D eigenvalue weighted by Crippen LogP contribution is -2.44. The Morgan fingerprint density at radius 1 is 0.833 bits per heavy atom. The molecule has 2 aliphatic rings. The molecule has 2 heterocycles. The van der Waals surface area contributed by atoms with Gasteiger partial charge < -0.3 is 18.9 Å². The van der Waals surface area contributed by atoms with Crippen LogP contribution in [0.25, 0.3) is 0 Å². The van der Waals surface area contributed by atoms with Crippen LogP contribution in [0.4, 0.5) is 0 Å². The summed E-state index contributed by atoms with van der Waals surface area (Å²) in [6, 6.07) is 0. The van der Waals surface area contributed by atoms with Crippen molar-refractivity contribution in [3.63, 3.8) is 0 Å². The van der Waals surface area contributed by atoms with Gasteiger partial charge in [-0.1, -0.05) is 46.4 Å². The molecule has 2 aliphatic heterocycles. The quantitative estimate of drug-likeness (QED) is 0.477. The van der Waals surface area contributed by atoms with E-state index in [-0.39, 0.29) is 25.4 Å². The summed E-state index contributed by atoms with van der Waals surface area (Å²) in [5.74, 6) is 0. The van der Waals surface area contributed by atoms with E-state index in [2.05, 4.69) is 0 Å². The van der Waals surface area contributed by atoms with Crippen LogP contribution >= 0.6 is 46.4 Å². The Kier molecular flexibility index (Phi) is 5.29. The molecular weight excluding hydrogens is 326 g/mol. The molecule has 0 aliphatic carbocycles. The van der Waals surface area contributed by atoms with Crippen LogP contribution < -0.4 is 0 Å². The Morgan fingerprint density at radius 2 is 1.17 bits per heavy atom. The van der Waals surface area contributed by atoms with Gasteiger partial charge in [0, 0.05) is 0 Å². The van der Waals surface area contributed by atoms with E-state index in [0.29, 0.717) is 26.4 Å². The highest BCUT2D eigenvalue weighted by atomic mass is 35.5. The van der Waals surface area contributed by atoms with Gasteiger partial charge in [-0.3, -0.25) is 0 Å². The maximum atomic E-state index is 6.09. The molecule has 0 spiro atoms. The summed E-state index contributed by atoms with van der Waals surface area (Å²) in [6.07, 6.45) is 0.273. The Bertz CT molecular complexity index is 251. The van der Waals surface area contributed by atoms with Gasteiger partial charge in [-0.15, -0.1) is 0 Å². The number of epoxide rings is 2. The third-order valence-electron chi connectivity index (χ3n) is 2.51. The first kappa shape index (κ1) is 15.4. The smallest absolute Gasteiger partial charge is 0.176 e. The highest BCUT2D eigenvalue weighted by Crippen LogP contribution is 2.43. The van der Waals surface area contributed by atoms with E-state index in [0.717, 1.165) is 0 Å². The van der Waals surface area contributed by atoms with E-state index >= 15 is 0 Å². The molecule has 8 heteroatoms. The lowest BCUT2D eigenvalue weighted by molar-refractivity contribution is 0.0792. The molecule has 0 N–H and O–H groups in total. The molecule has 0 aromatic heterocycles. The van der Waals surface area contributed by atoms with Crippen molar-refractivity contribution < 1.29 is 18.9 Å². The van der Waals surface area contributed by atoms with E-state index in [9.17, 15) is 0 Å². The number of hydrogen-bond donors (Lipinski definition) is 0. The van der Waals surface area contributed by atoms with Gasteiger partial charge in [-0.05, 0) is 0 Å². The molecule has 0 radical (unpaired) electrons. The van der Waals surface area contributed by atoms with Crippen molar-refractivity contribution in [3.8, 4) is 0 Å². The zero-order valence-corrected chi connectivity index (χ0v) is 12.6. The average Bonchev–Trinajstić information content (AvgIpc) is 3.11. The molecule has 0 aromatic carbocycles. The molecule has 4 nitrogen and oxygen atoms in total. The lowest BCUT2D eigenvalue weighted by Gasteiger charge is -2.32. The van der Waals surface area contributed by atoms with Crippen LogP contribution in [0.15, 0.2) is 0 Å². The molecular formula is C10H14Cl4O4. The number of rotatable bonds is 9. The second kappa shape index (κ2) is 6.19. The van der Waals surface area contributed by atoms with Crippen LogP contribution in [-0.4, -0.2) is 60.5 Å². The van der Waals surface area contributed by atoms with Crippen molar-refractivity contribution in [2.45, 2.75) is 20.9 Å². The minimum atomic E-state index is -1.45. The Balaban J connectivity index is 1.68. The van der Waals surface area contributed by atoms with E-state index in [4.69, 9.17) is 65.4 Å². The predicted octanol–water partition coefficient (Wildman–Crippen LogP) is 2.17. The van der Waals surface area contributed by atoms with Gasteiger partial charge >= 0.3 is 0 Å². The van der Waals surface area contributed by atoms with Crippen molar-refractivity contribution in [2.75, 3.05) is 39.6 Å². The maximum Gasteiger partial charge on any atom is 0.176 e. The average molecular weight is 340 g/mol. The predicted molar refractivity (Wildman–Crippen MR) is 70.0 cm³/mol. The molecule has 18 heavy (non-hydrogen) atoms. The first-order chi connectivity index (χ1) is 8.41. The monoisotopic (exact) mass is 338 g/mol. The topological polar surface area (TPSA) is 43.5 Å². The molecule has 2 fully saturated rings. The zero-order valence-electron chi connectivity index (χ0n) is 9.54. The first-order valence-electron chi connectivity index (χ1n) is 5.55. The fourth-order valence-corrected chi connectivity index (χ4v) is 1.70. The van der Waals surface area contributed by atoms with Gasteiger partial charge in [-0.25, -0.2) is 0 Å². The van der Waals surface area contributed by atoms with Crippen LogP contribution in [0.1, 0.15) is 0 Å². The normalized spacial score (nSPS) is 27.3. The van der Waals surface area contributed by atoms with Crippen LogP contribution in [0.3, 0.4) is 0 Å². The van der Waals surface area contributed by atoms with E-state index in [1.165, 1.54) is 0 Å². The van der Waals surface area contributed by atoms with Crippen molar-refractivity contribution in [2.24, 2.45) is 0 Å². The summed E-state index contributed by atoms with van der Waals surface area (Å²) >= 11 is 24.3. The number of alkyl halides is 4. The van der Waals surface area contributed by atoms with Crippen LogP contribution in [0.2, 0.25) is 0 Å². The number of ether oxygens (including phenoxy) is 4. The molecule has 0 bridgehead atoms. The van der Waals surface area contributed by atoms with Gasteiger partial charge in [-0.2, -0.15) is 0 Å². The van der Waals surface area contributed by atoms with Gasteiger partial charge in [0.1, 0.15) is 12.2 Å². The Hall–Kier alpha value is 1.000. The van der Waals surface area contributed by atoms with Gasteiger partial charge in [0.15, 0.2) is 8.67 Å². The summed E-state index contributed by atoms with van der Waals surface area (Å²) in [5, 5.41) is 0. The van der Waals surface area contributed by atoms with Crippen molar-refractivity contribution in [3.05, 3.63) is 0 Å². The second-order valence-electron chi connectivity index (χ2n) is 4.35. The van der Waals surface area contributed by atoms with E-state index < -0.39 is 8.67 Å². The Morgan fingerprint density at radius 3 is 1.44 bits per heavy atom. The summed E-state index contributed by atoms with van der Waals surface area (Å²) in [6.45, 7) is 2.28. The summed E-state index contributed by atoms with van der Waals surface area (Å²) < 4.78 is 17.7. The molecule has 0 amide bonds. The minimum absolute atomic E-state index is 0.00621. The maximum absolute atomic E-state index is 6.09. The highest BCUT2D eigenvalue weighted by Gasteiger charge is 2.48. The molecule has 0 saturated carbocycles. The molecule has 2 atom stereocenters. The fraction of sp³-hybridized carbons (Fsp3) is 1.00. The summed E-state index contributed by atoms with van der Waals surface area (Å²) in [4.78, 5) is 0. The minimum Gasteiger partial charge on any atom is -0.375 e. The Labute approximate surface area is 126 Å². The standard InChI is InChI=1S/C10H14Cl4O4/c11-9(12,5-15-1-7-3-17-7)10(13,14)6-16-2-8-4-18-8/h7-8H,1-6H2. The first-order valence-corrected chi connectivity index (χ1v) is 7.06. The second-order valence-corrected chi connectivity index (χ2v) is 7.32. The molecule has 0 aromatic rings. The third-order valence-corrected chi connectivity index (χ3v) is 4.63. The molecule has 2 unspecified atom stereocenters. The molecule has 2 saturated heterocycles. The molecule has 2 rings (SSSR count). The SMILES string of the molecule is ClC(Cl)(COCC1CO1)C(Cl)(Cl)COCC1CO1. The highest BCUT2D eigenvalue weighted by molar-refractivity contribution is 6.62. The number of halogens is 4. The van der Waals surface area contributed by atoms with Crippen molar-refractivity contribution >= 4 is 46.4 Å². The van der Waals surface area contributed by atoms with Crippen LogP contribution in [0.5, 0.6) is 0 Å². The van der Waals surface area contributed by atoms with Crippen molar-refractivity contribution in [1.29, 1.82) is 0 Å². The van der Waals surface area contributed by atoms with Crippen LogP contribution in [0, 0.1) is 0 Å².